The summed E-state index contributed by atoms with van der Waals surface area (Å²) in [7, 11) is -0.498. The van der Waals surface area contributed by atoms with Crippen LogP contribution in [0.5, 0.6) is 0 Å². The SMILES string of the molecule is CC(C)(C)O[SiH2]CCCC1CC(=O)OC1=O. The van der Waals surface area contributed by atoms with Gasteiger partial charge < -0.3 is 9.16 Å². The molecule has 1 atom stereocenters. The number of cyclic esters (lactones) is 2. The lowest BCUT2D eigenvalue weighted by Crippen LogP contribution is -2.21. The summed E-state index contributed by atoms with van der Waals surface area (Å²) in [5, 5.41) is 0. The standard InChI is InChI=1S/C11H20O4Si/c1-11(2,3)15-16-6-4-5-8-7-9(12)14-10(8)13/h8H,4-7,16H2,1-3H3. The van der Waals surface area contributed by atoms with Gasteiger partial charge in [-0.2, -0.15) is 0 Å². The van der Waals surface area contributed by atoms with Crippen molar-refractivity contribution in [1.29, 1.82) is 0 Å². The van der Waals surface area contributed by atoms with E-state index in [1.807, 2.05) is 20.8 Å². The average molecular weight is 244 g/mol. The van der Waals surface area contributed by atoms with E-state index in [0.29, 0.717) is 0 Å². The van der Waals surface area contributed by atoms with Crippen LogP contribution in [0.25, 0.3) is 0 Å². The molecule has 0 saturated carbocycles. The first kappa shape index (κ1) is 13.4. The number of carbonyl (C=O) groups excluding carboxylic acids is 2. The fraction of sp³-hybridized carbons (Fsp3) is 0.818. The van der Waals surface area contributed by atoms with Crippen molar-refractivity contribution in [2.75, 3.05) is 0 Å². The van der Waals surface area contributed by atoms with Crippen molar-refractivity contribution in [2.45, 2.75) is 51.7 Å². The Labute approximate surface area is 98.6 Å². The minimum Gasteiger partial charge on any atom is -0.419 e. The van der Waals surface area contributed by atoms with Crippen molar-refractivity contribution in [3.05, 3.63) is 0 Å². The summed E-state index contributed by atoms with van der Waals surface area (Å²) in [6, 6.07) is 1.05. The molecule has 1 heterocycles. The van der Waals surface area contributed by atoms with Gasteiger partial charge in [-0.15, -0.1) is 0 Å². The molecule has 4 nitrogen and oxygen atoms in total. The largest absolute Gasteiger partial charge is 0.419 e. The van der Waals surface area contributed by atoms with Crippen LogP contribution in [0.15, 0.2) is 0 Å². The predicted molar refractivity (Wildman–Crippen MR) is 62.6 cm³/mol. The van der Waals surface area contributed by atoms with Crippen LogP contribution in [0.3, 0.4) is 0 Å². The van der Waals surface area contributed by atoms with E-state index in [0.717, 1.165) is 18.9 Å². The summed E-state index contributed by atoms with van der Waals surface area (Å²) >= 11 is 0. The van der Waals surface area contributed by atoms with E-state index in [9.17, 15) is 9.59 Å². The average Bonchev–Trinajstić information content (AvgIpc) is 2.42. The summed E-state index contributed by atoms with van der Waals surface area (Å²) in [4.78, 5) is 22.0. The third kappa shape index (κ3) is 4.89. The van der Waals surface area contributed by atoms with Crippen LogP contribution in [0.1, 0.15) is 40.0 Å². The monoisotopic (exact) mass is 244 g/mol. The quantitative estimate of drug-likeness (QED) is 0.315. The van der Waals surface area contributed by atoms with Crippen molar-refractivity contribution in [3.63, 3.8) is 0 Å². The second-order valence-electron chi connectivity index (χ2n) is 5.15. The first-order chi connectivity index (χ1) is 7.38. The number of hydrogen-bond donors (Lipinski definition) is 0. The fourth-order valence-corrected chi connectivity index (χ4v) is 2.86. The summed E-state index contributed by atoms with van der Waals surface area (Å²) in [5.74, 6) is -0.919. The van der Waals surface area contributed by atoms with Crippen LogP contribution < -0.4 is 0 Å². The Morgan fingerprint density at radius 1 is 1.44 bits per heavy atom. The van der Waals surface area contributed by atoms with Gasteiger partial charge in [-0.05, 0) is 33.2 Å². The molecule has 1 unspecified atom stereocenters. The maximum Gasteiger partial charge on any atom is 0.317 e. The zero-order chi connectivity index (χ0) is 12.2. The van der Waals surface area contributed by atoms with E-state index < -0.39 is 9.76 Å². The highest BCUT2D eigenvalue weighted by Crippen LogP contribution is 2.21. The number of rotatable bonds is 5. The molecule has 5 heteroatoms. The molecule has 16 heavy (non-hydrogen) atoms. The van der Waals surface area contributed by atoms with Crippen molar-refractivity contribution in [1.82, 2.24) is 0 Å². The molecule has 92 valence electrons. The Kier molecular flexibility index (Phi) is 4.67. The first-order valence-electron chi connectivity index (χ1n) is 5.77. The molecule has 1 aliphatic rings. The van der Waals surface area contributed by atoms with Gasteiger partial charge in [0.05, 0.1) is 12.3 Å². The summed E-state index contributed by atoms with van der Waals surface area (Å²) in [6.07, 6.45) is 1.97. The van der Waals surface area contributed by atoms with Gasteiger partial charge in [0.25, 0.3) is 0 Å². The normalized spacial score (nSPS) is 22.1. The molecular weight excluding hydrogens is 224 g/mol. The molecule has 0 N–H and O–H groups in total. The Balaban J connectivity index is 2.08. The zero-order valence-electron chi connectivity index (χ0n) is 10.2. The van der Waals surface area contributed by atoms with Gasteiger partial charge in [-0.1, -0.05) is 6.42 Å². The molecule has 1 aliphatic heterocycles. The Morgan fingerprint density at radius 3 is 2.62 bits per heavy atom. The van der Waals surface area contributed by atoms with Gasteiger partial charge in [0.1, 0.15) is 0 Å². The van der Waals surface area contributed by atoms with Crippen LogP contribution >= 0.6 is 0 Å². The highest BCUT2D eigenvalue weighted by atomic mass is 28.2. The minimum atomic E-state index is -0.498. The molecule has 0 aliphatic carbocycles. The van der Waals surface area contributed by atoms with Crippen LogP contribution in [-0.4, -0.2) is 27.3 Å². The molecule has 0 radical (unpaired) electrons. The lowest BCUT2D eigenvalue weighted by molar-refractivity contribution is -0.153. The second-order valence-corrected chi connectivity index (χ2v) is 6.55. The van der Waals surface area contributed by atoms with E-state index in [4.69, 9.17) is 4.43 Å². The molecule has 0 bridgehead atoms. The fourth-order valence-electron chi connectivity index (χ4n) is 1.61. The molecule has 0 amide bonds. The first-order valence-corrected chi connectivity index (χ1v) is 7.35. The van der Waals surface area contributed by atoms with E-state index in [2.05, 4.69) is 4.74 Å². The predicted octanol–water partition coefficient (Wildman–Crippen LogP) is 1.17. The lowest BCUT2D eigenvalue weighted by Gasteiger charge is -2.19. The van der Waals surface area contributed by atoms with Gasteiger partial charge in [0, 0.05) is 5.60 Å². The Bertz CT molecular complexity index is 270. The van der Waals surface area contributed by atoms with Gasteiger partial charge in [0.2, 0.25) is 0 Å². The lowest BCUT2D eigenvalue weighted by atomic mass is 10.0. The van der Waals surface area contributed by atoms with Crippen LogP contribution in [0, 0.1) is 5.92 Å². The number of carbonyl (C=O) groups is 2. The summed E-state index contributed by atoms with van der Waals surface area (Å²) in [6.45, 7) is 6.15. The summed E-state index contributed by atoms with van der Waals surface area (Å²) < 4.78 is 10.2. The minimum absolute atomic E-state index is 0.0471. The molecule has 1 saturated heterocycles. The topological polar surface area (TPSA) is 52.6 Å². The van der Waals surface area contributed by atoms with Crippen LogP contribution in [0.2, 0.25) is 6.04 Å². The van der Waals surface area contributed by atoms with Crippen molar-refractivity contribution >= 4 is 21.7 Å². The van der Waals surface area contributed by atoms with Crippen molar-refractivity contribution in [2.24, 2.45) is 5.92 Å². The number of ether oxygens (including phenoxy) is 1. The smallest absolute Gasteiger partial charge is 0.317 e. The number of hydrogen-bond acceptors (Lipinski definition) is 4. The molecule has 0 aromatic carbocycles. The van der Waals surface area contributed by atoms with Gasteiger partial charge >= 0.3 is 11.9 Å². The highest BCUT2D eigenvalue weighted by Gasteiger charge is 2.32. The zero-order valence-corrected chi connectivity index (χ0v) is 11.7. The maximum atomic E-state index is 11.1. The van der Waals surface area contributed by atoms with E-state index in [-0.39, 0.29) is 29.9 Å². The van der Waals surface area contributed by atoms with Gasteiger partial charge in [-0.25, -0.2) is 0 Å². The third-order valence-electron chi connectivity index (χ3n) is 2.44. The summed E-state index contributed by atoms with van der Waals surface area (Å²) in [5.41, 5.74) is -0.0471. The van der Waals surface area contributed by atoms with E-state index >= 15 is 0 Å². The maximum absolute atomic E-state index is 11.1. The second kappa shape index (κ2) is 5.59. The third-order valence-corrected chi connectivity index (χ3v) is 4.30. The molecule has 0 spiro atoms. The molecule has 1 fully saturated rings. The van der Waals surface area contributed by atoms with E-state index in [1.54, 1.807) is 0 Å². The molecule has 0 aromatic heterocycles. The Hall–Kier alpha value is -0.683. The van der Waals surface area contributed by atoms with Crippen LogP contribution in [-0.2, 0) is 18.8 Å². The molecule has 0 aromatic rings. The highest BCUT2D eigenvalue weighted by molar-refractivity contribution is 6.27. The van der Waals surface area contributed by atoms with Gasteiger partial charge in [0.15, 0.2) is 9.76 Å². The van der Waals surface area contributed by atoms with Crippen molar-refractivity contribution in [3.8, 4) is 0 Å². The molecular formula is C11H20O4Si. The van der Waals surface area contributed by atoms with Gasteiger partial charge in [-0.3, -0.25) is 9.59 Å². The van der Waals surface area contributed by atoms with E-state index in [1.165, 1.54) is 0 Å². The molecule has 1 rings (SSSR count). The Morgan fingerprint density at radius 2 is 2.12 bits per heavy atom. The van der Waals surface area contributed by atoms with Crippen LogP contribution in [0.4, 0.5) is 0 Å². The number of esters is 2. The van der Waals surface area contributed by atoms with Crippen molar-refractivity contribution < 1.29 is 18.8 Å².